The van der Waals surface area contributed by atoms with Crippen LogP contribution in [0.3, 0.4) is 0 Å². The van der Waals surface area contributed by atoms with Crippen molar-refractivity contribution in [3.8, 4) is 11.5 Å². The summed E-state index contributed by atoms with van der Waals surface area (Å²) in [5.74, 6) is 1.96. The number of nitrogens with two attached hydrogens (primary N) is 1. The highest BCUT2D eigenvalue weighted by Gasteiger charge is 2.25. The van der Waals surface area contributed by atoms with Crippen molar-refractivity contribution in [2.45, 2.75) is 82.6 Å². The molecule has 0 aromatic heterocycles. The molecule has 10 heteroatoms. The Morgan fingerprint density at radius 2 is 1.27 bits per heavy atom. The van der Waals surface area contributed by atoms with Gasteiger partial charge in [0.05, 0.1) is 14.2 Å². The molecule has 0 unspecified atom stereocenters. The largest absolute Gasteiger partial charge is 0.497 e. The van der Waals surface area contributed by atoms with Crippen LogP contribution in [0.25, 0.3) is 0 Å². The van der Waals surface area contributed by atoms with Gasteiger partial charge in [-0.1, -0.05) is 19.7 Å². The highest BCUT2D eigenvalue weighted by molar-refractivity contribution is 6.48. The molecule has 2 aromatic carbocycles. The van der Waals surface area contributed by atoms with Gasteiger partial charge >= 0.3 is 0 Å². The van der Waals surface area contributed by atoms with Crippen molar-refractivity contribution in [1.29, 1.82) is 0 Å². The van der Waals surface area contributed by atoms with Crippen LogP contribution in [0.4, 0.5) is 0 Å². The molecular weight excluding hydrogens is 529 g/mol. The van der Waals surface area contributed by atoms with Crippen molar-refractivity contribution in [3.05, 3.63) is 59.7 Å². The molecule has 2 amide bonds. The minimum absolute atomic E-state index is 0. The summed E-state index contributed by atoms with van der Waals surface area (Å²) in [6.07, 6.45) is 9.14. The zero-order chi connectivity index (χ0) is 28.2. The first-order valence-electron chi connectivity index (χ1n) is 14.1. The molecule has 5 N–H and O–H groups in total. The zero-order valence-corrected chi connectivity index (χ0v) is 24.8. The lowest BCUT2D eigenvalue weighted by atomic mass is 9.61. The Hall–Kier alpha value is -2.75. The van der Waals surface area contributed by atoms with Crippen molar-refractivity contribution < 1.29 is 24.1 Å². The van der Waals surface area contributed by atoms with Crippen molar-refractivity contribution in [3.63, 3.8) is 0 Å². The minimum Gasteiger partial charge on any atom is -0.497 e. The van der Waals surface area contributed by atoms with Crippen LogP contribution in [-0.4, -0.2) is 56.1 Å². The van der Waals surface area contributed by atoms with Crippen LogP contribution in [0.1, 0.15) is 72.1 Å². The fraction of sp³-hybridized carbons (Fsp3) is 0.533. The lowest BCUT2D eigenvalue weighted by molar-refractivity contribution is 0.0914. The fourth-order valence-electron chi connectivity index (χ4n) is 5.50. The second-order valence-electron chi connectivity index (χ2n) is 10.8. The molecule has 40 heavy (non-hydrogen) atoms. The first kappa shape index (κ1) is 33.5. The lowest BCUT2D eigenvalue weighted by Crippen LogP contribution is -2.42. The van der Waals surface area contributed by atoms with E-state index in [1.54, 1.807) is 62.8 Å². The van der Waals surface area contributed by atoms with Crippen molar-refractivity contribution in [2.24, 2.45) is 11.7 Å². The SMILES string of the molecule is COc1ccc(C(=O)N[C@@H]2CCC[C@H](CB(C)O)C2)cc1.COc1ccc(C(=O)N[C@@H]2CCC[C@H](N)C2)cc1.Cl. The third-order valence-corrected chi connectivity index (χ3v) is 7.55. The van der Waals surface area contributed by atoms with Gasteiger partial charge in [-0.2, -0.15) is 0 Å². The summed E-state index contributed by atoms with van der Waals surface area (Å²) >= 11 is 0. The number of benzene rings is 2. The van der Waals surface area contributed by atoms with E-state index in [1.165, 1.54) is 0 Å². The average Bonchev–Trinajstić information content (AvgIpc) is 2.93. The van der Waals surface area contributed by atoms with Crippen LogP contribution in [0.5, 0.6) is 11.5 Å². The Morgan fingerprint density at radius 3 is 1.70 bits per heavy atom. The molecule has 0 spiro atoms. The van der Waals surface area contributed by atoms with Gasteiger partial charge in [0.15, 0.2) is 0 Å². The Kier molecular flexibility index (Phi) is 14.3. The van der Waals surface area contributed by atoms with Gasteiger partial charge in [-0.05, 0) is 99.3 Å². The molecule has 4 atom stereocenters. The van der Waals surface area contributed by atoms with Crippen LogP contribution in [0.2, 0.25) is 13.1 Å². The van der Waals surface area contributed by atoms with Crippen LogP contribution >= 0.6 is 12.4 Å². The summed E-state index contributed by atoms with van der Waals surface area (Å²) < 4.78 is 10.2. The minimum atomic E-state index is -0.258. The van der Waals surface area contributed by atoms with Gasteiger partial charge in [0.1, 0.15) is 11.5 Å². The van der Waals surface area contributed by atoms with Crippen molar-refractivity contribution in [1.82, 2.24) is 10.6 Å². The van der Waals surface area contributed by atoms with Gasteiger partial charge in [-0.25, -0.2) is 0 Å². The smallest absolute Gasteiger partial charge is 0.286 e. The van der Waals surface area contributed by atoms with E-state index in [0.717, 1.165) is 69.2 Å². The van der Waals surface area contributed by atoms with E-state index in [-0.39, 0.29) is 49.3 Å². The number of hydrogen-bond acceptors (Lipinski definition) is 6. The summed E-state index contributed by atoms with van der Waals surface area (Å²) in [5, 5.41) is 15.7. The average molecular weight is 574 g/mol. The van der Waals surface area contributed by atoms with Gasteiger partial charge in [0.2, 0.25) is 0 Å². The number of amides is 2. The maximum Gasteiger partial charge on any atom is 0.286 e. The van der Waals surface area contributed by atoms with Gasteiger partial charge in [0.25, 0.3) is 18.7 Å². The zero-order valence-electron chi connectivity index (χ0n) is 23.9. The quantitative estimate of drug-likeness (QED) is 0.339. The van der Waals surface area contributed by atoms with Crippen LogP contribution in [0.15, 0.2) is 48.5 Å². The summed E-state index contributed by atoms with van der Waals surface area (Å²) in [4.78, 5) is 24.3. The number of nitrogens with one attached hydrogen (secondary N) is 2. The van der Waals surface area contributed by atoms with Crippen LogP contribution < -0.4 is 25.8 Å². The Bertz CT molecular complexity index is 1040. The first-order chi connectivity index (χ1) is 18.8. The number of halogens is 1. The summed E-state index contributed by atoms with van der Waals surface area (Å²) in [6.45, 7) is 1.57. The maximum atomic E-state index is 12.2. The first-order valence-corrected chi connectivity index (χ1v) is 14.1. The molecule has 0 radical (unpaired) electrons. The second kappa shape index (κ2) is 17.2. The Morgan fingerprint density at radius 1 is 0.825 bits per heavy atom. The summed E-state index contributed by atoms with van der Waals surface area (Å²) in [7, 11) is 3.22. The predicted molar refractivity (Wildman–Crippen MR) is 163 cm³/mol. The normalized spacial score (nSPS) is 21.9. The monoisotopic (exact) mass is 573 g/mol. The Labute approximate surface area is 245 Å². The molecule has 2 aromatic rings. The van der Waals surface area contributed by atoms with Gasteiger partial charge in [-0.15, -0.1) is 12.4 Å². The third kappa shape index (κ3) is 11.0. The number of carbonyl (C=O) groups is 2. The number of methoxy groups -OCH3 is 2. The molecule has 4 rings (SSSR count). The molecule has 2 fully saturated rings. The molecule has 8 nitrogen and oxygen atoms in total. The molecule has 0 saturated heterocycles. The van der Waals surface area contributed by atoms with E-state index >= 15 is 0 Å². The number of carbonyl (C=O) groups excluding carboxylic acids is 2. The van der Waals surface area contributed by atoms with E-state index < -0.39 is 0 Å². The molecule has 0 aliphatic heterocycles. The second-order valence-corrected chi connectivity index (χ2v) is 10.8. The molecule has 0 bridgehead atoms. The third-order valence-electron chi connectivity index (χ3n) is 7.55. The van der Waals surface area contributed by atoms with Gasteiger partial charge in [-0.3, -0.25) is 9.59 Å². The molecular formula is C30H45BClN3O5. The number of rotatable bonds is 8. The highest BCUT2D eigenvalue weighted by Crippen LogP contribution is 2.28. The molecule has 220 valence electrons. The lowest BCUT2D eigenvalue weighted by Gasteiger charge is -2.30. The highest BCUT2D eigenvalue weighted by atomic mass is 35.5. The van der Waals surface area contributed by atoms with Gasteiger partial charge < -0.3 is 30.9 Å². The van der Waals surface area contributed by atoms with E-state index in [9.17, 15) is 14.6 Å². The number of ether oxygens (including phenoxy) is 2. The Balaban J connectivity index is 0.000000276. The van der Waals surface area contributed by atoms with E-state index in [1.807, 2.05) is 6.82 Å². The standard InChI is InChI=1S/C16H24BNO3.C14H20N2O2.ClH/c1-17(20)11-12-4-3-5-14(10-12)18-16(19)13-6-8-15(21-2)9-7-13;1-18-13-7-5-10(6-8-13)14(17)16-12-4-2-3-11(15)9-12;/h6-9,12,14,20H,3-5,10-11H2,1-2H3,(H,18,19);5-8,11-12H,2-4,9,15H2,1H3,(H,16,17);1H/t12-,14+;11-,12+;/m00./s1. The molecule has 2 saturated carbocycles. The maximum absolute atomic E-state index is 12.2. The summed E-state index contributed by atoms with van der Waals surface area (Å²) in [6, 6.07) is 14.9. The van der Waals surface area contributed by atoms with Crippen molar-refractivity contribution in [2.75, 3.05) is 14.2 Å². The number of hydrogen-bond donors (Lipinski definition) is 4. The van der Waals surface area contributed by atoms with Crippen LogP contribution in [-0.2, 0) is 0 Å². The molecule has 2 aliphatic carbocycles. The fourth-order valence-corrected chi connectivity index (χ4v) is 5.50. The van der Waals surface area contributed by atoms with Gasteiger partial charge in [0, 0.05) is 29.3 Å². The molecule has 2 aliphatic rings. The van der Waals surface area contributed by atoms with Crippen LogP contribution in [0, 0.1) is 5.92 Å². The van der Waals surface area contributed by atoms with E-state index in [4.69, 9.17) is 15.2 Å². The molecule has 0 heterocycles. The predicted octanol–water partition coefficient (Wildman–Crippen LogP) is 4.71. The van der Waals surface area contributed by atoms with E-state index in [2.05, 4.69) is 10.6 Å². The topological polar surface area (TPSA) is 123 Å². The van der Waals surface area contributed by atoms with Crippen molar-refractivity contribution >= 4 is 31.1 Å². The summed E-state index contributed by atoms with van der Waals surface area (Å²) in [5.41, 5.74) is 7.23. The van der Waals surface area contributed by atoms with E-state index in [0.29, 0.717) is 17.0 Å².